The summed E-state index contributed by atoms with van der Waals surface area (Å²) in [5.74, 6) is 0. The molecule has 0 saturated heterocycles. The molecule has 0 aromatic rings. The van der Waals surface area contributed by atoms with Crippen LogP contribution in [0.15, 0.2) is 0 Å². The molecule has 0 aromatic heterocycles. The van der Waals surface area contributed by atoms with Gasteiger partial charge in [-0.2, -0.15) is 0 Å². The molecular formula is C12H36N2O5Si4. The van der Waals surface area contributed by atoms with Gasteiger partial charge in [-0.15, -0.1) is 0 Å². The van der Waals surface area contributed by atoms with Crippen molar-refractivity contribution in [1.82, 2.24) is 5.32 Å². The molecule has 23 heavy (non-hydrogen) atoms. The molecule has 0 aromatic carbocycles. The van der Waals surface area contributed by atoms with Crippen molar-refractivity contribution >= 4 is 34.2 Å². The third-order valence-corrected chi connectivity index (χ3v) is 15.4. The van der Waals surface area contributed by atoms with E-state index in [9.17, 15) is 9.59 Å². The zero-order chi connectivity index (χ0) is 18.4. The molecule has 1 unspecified atom stereocenters. The summed E-state index contributed by atoms with van der Waals surface area (Å²) in [5.41, 5.74) is 5.46. The van der Waals surface area contributed by atoms with Crippen LogP contribution in [0.25, 0.3) is 0 Å². The molecular weight excluding hydrogens is 364 g/mol. The SMILES string of the molecule is C[Si](C)(O)O[Si](C)(C)O[Si](C)(CCCNCCN)O[Si](C)(C)O. The summed E-state index contributed by atoms with van der Waals surface area (Å²) in [6.07, 6.45) is 0.887. The lowest BCUT2D eigenvalue weighted by atomic mass is 10.5. The van der Waals surface area contributed by atoms with E-state index >= 15 is 0 Å². The summed E-state index contributed by atoms with van der Waals surface area (Å²) in [6, 6.07) is 0.759. The molecule has 1 atom stereocenters. The molecule has 140 valence electrons. The Balaban J connectivity index is 4.84. The van der Waals surface area contributed by atoms with E-state index in [2.05, 4.69) is 5.32 Å². The van der Waals surface area contributed by atoms with E-state index in [-0.39, 0.29) is 0 Å². The molecule has 0 spiro atoms. The number of nitrogens with two attached hydrogens (primary N) is 1. The molecule has 0 saturated carbocycles. The predicted octanol–water partition coefficient (Wildman–Crippen LogP) is 1.14. The van der Waals surface area contributed by atoms with Gasteiger partial charge in [0.1, 0.15) is 0 Å². The fraction of sp³-hybridized carbons (Fsp3) is 1.00. The van der Waals surface area contributed by atoms with Crippen LogP contribution in [0.1, 0.15) is 6.42 Å². The minimum absolute atomic E-state index is 0.613. The zero-order valence-corrected chi connectivity index (χ0v) is 19.7. The largest absolute Gasteiger partial charge is 0.416 e. The van der Waals surface area contributed by atoms with Crippen molar-refractivity contribution in [2.45, 2.75) is 58.3 Å². The second kappa shape index (κ2) is 9.33. The van der Waals surface area contributed by atoms with Crippen LogP contribution in [0.2, 0.25) is 51.9 Å². The highest BCUT2D eigenvalue weighted by Crippen LogP contribution is 2.26. The summed E-state index contributed by atoms with van der Waals surface area (Å²) in [6.45, 7) is 15.0. The van der Waals surface area contributed by atoms with Gasteiger partial charge in [0.15, 0.2) is 0 Å². The van der Waals surface area contributed by atoms with Crippen LogP contribution in [0, 0.1) is 0 Å². The Labute approximate surface area is 145 Å². The summed E-state index contributed by atoms with van der Waals surface area (Å²) in [5, 5.41) is 3.25. The zero-order valence-electron chi connectivity index (χ0n) is 15.7. The van der Waals surface area contributed by atoms with Gasteiger partial charge in [-0.25, -0.2) is 0 Å². The predicted molar refractivity (Wildman–Crippen MR) is 103 cm³/mol. The van der Waals surface area contributed by atoms with Gasteiger partial charge in [0.2, 0.25) is 0 Å². The lowest BCUT2D eigenvalue weighted by Gasteiger charge is -2.40. The van der Waals surface area contributed by atoms with E-state index in [0.29, 0.717) is 6.54 Å². The maximum Gasteiger partial charge on any atom is 0.320 e. The first-order valence-electron chi connectivity index (χ1n) is 8.14. The van der Waals surface area contributed by atoms with E-state index in [0.717, 1.165) is 25.6 Å². The van der Waals surface area contributed by atoms with Gasteiger partial charge in [0.25, 0.3) is 0 Å². The Hall–Kier alpha value is 0.588. The van der Waals surface area contributed by atoms with Crippen molar-refractivity contribution in [3.63, 3.8) is 0 Å². The average Bonchev–Trinajstić information content (AvgIpc) is 2.20. The Morgan fingerprint density at radius 1 is 0.826 bits per heavy atom. The third kappa shape index (κ3) is 13.5. The fourth-order valence-corrected chi connectivity index (χ4v) is 18.5. The molecule has 0 aliphatic rings. The molecule has 0 amide bonds. The maximum atomic E-state index is 10.2. The van der Waals surface area contributed by atoms with Crippen LogP contribution in [0.4, 0.5) is 0 Å². The van der Waals surface area contributed by atoms with E-state index in [1.54, 1.807) is 26.2 Å². The quantitative estimate of drug-likeness (QED) is 0.287. The summed E-state index contributed by atoms with van der Waals surface area (Å²) >= 11 is 0. The van der Waals surface area contributed by atoms with Gasteiger partial charge in [-0.3, -0.25) is 0 Å². The fourth-order valence-electron chi connectivity index (χ4n) is 2.56. The minimum atomic E-state index is -2.71. The first-order chi connectivity index (χ1) is 10.2. The topological polar surface area (TPSA) is 106 Å². The third-order valence-electron chi connectivity index (χ3n) is 2.73. The second-order valence-corrected chi connectivity index (χ2v) is 21.2. The maximum absolute atomic E-state index is 10.2. The lowest BCUT2D eigenvalue weighted by molar-refractivity contribution is 0.272. The number of nitrogens with one attached hydrogen (secondary N) is 1. The normalized spacial score (nSPS) is 16.4. The molecule has 0 bridgehead atoms. The van der Waals surface area contributed by atoms with Crippen molar-refractivity contribution in [2.24, 2.45) is 5.73 Å². The molecule has 11 heteroatoms. The van der Waals surface area contributed by atoms with Crippen molar-refractivity contribution in [2.75, 3.05) is 19.6 Å². The Bertz CT molecular complexity index is 349. The van der Waals surface area contributed by atoms with E-state index in [4.69, 9.17) is 18.1 Å². The van der Waals surface area contributed by atoms with Gasteiger partial charge >= 0.3 is 34.2 Å². The van der Waals surface area contributed by atoms with Crippen LogP contribution in [0.3, 0.4) is 0 Å². The average molecular weight is 401 g/mol. The van der Waals surface area contributed by atoms with Gasteiger partial charge in [0.05, 0.1) is 0 Å². The second-order valence-electron chi connectivity index (χ2n) is 7.38. The Morgan fingerprint density at radius 2 is 1.35 bits per heavy atom. The van der Waals surface area contributed by atoms with Gasteiger partial charge in [0, 0.05) is 13.1 Å². The van der Waals surface area contributed by atoms with Crippen molar-refractivity contribution < 1.29 is 21.9 Å². The highest BCUT2D eigenvalue weighted by atomic mass is 28.5. The van der Waals surface area contributed by atoms with Crippen molar-refractivity contribution in [3.8, 4) is 0 Å². The molecule has 0 aliphatic heterocycles. The first kappa shape index (κ1) is 23.6. The van der Waals surface area contributed by atoms with Gasteiger partial charge < -0.3 is 33.0 Å². The van der Waals surface area contributed by atoms with E-state index in [1.165, 1.54) is 0 Å². The molecule has 0 heterocycles. The molecule has 5 N–H and O–H groups in total. The highest BCUT2D eigenvalue weighted by molar-refractivity contribution is 6.87. The Morgan fingerprint density at radius 3 is 1.78 bits per heavy atom. The molecule has 7 nitrogen and oxygen atoms in total. The summed E-state index contributed by atoms with van der Waals surface area (Å²) in [4.78, 5) is 20.2. The van der Waals surface area contributed by atoms with Gasteiger partial charge in [-0.05, 0) is 64.8 Å². The van der Waals surface area contributed by atoms with Crippen molar-refractivity contribution in [3.05, 3.63) is 0 Å². The number of hydrogen-bond acceptors (Lipinski definition) is 7. The van der Waals surface area contributed by atoms with Crippen LogP contribution in [-0.2, 0) is 12.3 Å². The minimum Gasteiger partial charge on any atom is -0.416 e. The molecule has 0 fully saturated rings. The van der Waals surface area contributed by atoms with Crippen LogP contribution < -0.4 is 11.1 Å². The van der Waals surface area contributed by atoms with Crippen LogP contribution in [0.5, 0.6) is 0 Å². The first-order valence-corrected chi connectivity index (χ1v) is 19.2. The monoisotopic (exact) mass is 400 g/mol. The number of rotatable bonds is 12. The van der Waals surface area contributed by atoms with E-state index in [1.807, 2.05) is 19.6 Å². The smallest absolute Gasteiger partial charge is 0.320 e. The van der Waals surface area contributed by atoms with Crippen molar-refractivity contribution in [1.29, 1.82) is 0 Å². The molecule has 0 rings (SSSR count). The summed E-state index contributed by atoms with van der Waals surface area (Å²) < 4.78 is 18.2. The number of hydrogen-bond donors (Lipinski definition) is 4. The highest BCUT2D eigenvalue weighted by Gasteiger charge is 2.45. The van der Waals surface area contributed by atoms with Crippen LogP contribution >= 0.6 is 0 Å². The lowest BCUT2D eigenvalue weighted by Crippen LogP contribution is -2.58. The van der Waals surface area contributed by atoms with Crippen LogP contribution in [-0.4, -0.2) is 63.5 Å². The Kier molecular flexibility index (Phi) is 9.57. The summed E-state index contributed by atoms with van der Waals surface area (Å²) in [7, 11) is -10.5. The molecule has 0 radical (unpaired) electrons. The standard InChI is InChI=1S/C12H36N2O5Si4/c1-20(2,15)17-22(5,6)19-23(7,18-21(3,4)16)12-8-10-14-11-9-13/h14-16H,8-13H2,1-7H3. The van der Waals surface area contributed by atoms with Gasteiger partial charge in [-0.1, -0.05) is 0 Å². The molecule has 0 aliphatic carbocycles. The van der Waals surface area contributed by atoms with E-state index < -0.39 is 34.2 Å².